The maximum atomic E-state index is 11.8. The van der Waals surface area contributed by atoms with Gasteiger partial charge in [0.05, 0.1) is 4.88 Å². The van der Waals surface area contributed by atoms with Gasteiger partial charge in [-0.25, -0.2) is 0 Å². The molecule has 2 rings (SSSR count). The lowest BCUT2D eigenvalue weighted by Gasteiger charge is -2.04. The van der Waals surface area contributed by atoms with E-state index in [0.29, 0.717) is 6.54 Å². The maximum Gasteiger partial charge on any atom is 0.261 e. The molecule has 1 aromatic carbocycles. The molecule has 0 saturated carbocycles. The Labute approximate surface area is 115 Å². The summed E-state index contributed by atoms with van der Waals surface area (Å²) in [6, 6.07) is 12.2. The molecule has 0 bridgehead atoms. The first kappa shape index (κ1) is 13.2. The molecule has 0 aliphatic heterocycles. The Morgan fingerprint density at radius 2 is 2.06 bits per heavy atom. The fraction of sp³-hybridized carbons (Fsp3) is 0.214. The number of nitrogens with one attached hydrogen (secondary N) is 1. The molecule has 1 N–H and O–H groups in total. The van der Waals surface area contributed by atoms with Gasteiger partial charge in [0.25, 0.3) is 5.91 Å². The molecule has 1 amide bonds. The first-order chi connectivity index (χ1) is 8.77. The van der Waals surface area contributed by atoms with Crippen LogP contribution in [0.15, 0.2) is 46.7 Å². The molecule has 2 nitrogen and oxygen atoms in total. The van der Waals surface area contributed by atoms with Crippen molar-refractivity contribution in [2.75, 3.05) is 12.3 Å². The lowest BCUT2D eigenvalue weighted by atomic mass is 10.3. The van der Waals surface area contributed by atoms with Crippen LogP contribution in [0.25, 0.3) is 0 Å². The lowest BCUT2D eigenvalue weighted by Crippen LogP contribution is -2.25. The van der Waals surface area contributed by atoms with Crippen molar-refractivity contribution in [3.05, 3.63) is 52.2 Å². The molecule has 18 heavy (non-hydrogen) atoms. The summed E-state index contributed by atoms with van der Waals surface area (Å²) in [5.74, 6) is 0.927. The average molecular weight is 277 g/mol. The van der Waals surface area contributed by atoms with E-state index < -0.39 is 0 Å². The monoisotopic (exact) mass is 277 g/mol. The van der Waals surface area contributed by atoms with Crippen LogP contribution in [0.2, 0.25) is 0 Å². The number of aryl methyl sites for hydroxylation is 1. The predicted octanol–water partition coefficient (Wildman–Crippen LogP) is 3.58. The van der Waals surface area contributed by atoms with Crippen LogP contribution in [0.1, 0.15) is 15.2 Å². The zero-order chi connectivity index (χ0) is 12.8. The minimum Gasteiger partial charge on any atom is -0.350 e. The second-order valence-corrected chi connectivity index (χ2v) is 5.93. The van der Waals surface area contributed by atoms with Gasteiger partial charge in [-0.1, -0.05) is 18.2 Å². The van der Waals surface area contributed by atoms with Gasteiger partial charge in [0, 0.05) is 17.2 Å². The largest absolute Gasteiger partial charge is 0.350 e. The van der Waals surface area contributed by atoms with E-state index in [2.05, 4.69) is 17.4 Å². The molecule has 94 valence electrons. The number of thioether (sulfide) groups is 1. The van der Waals surface area contributed by atoms with Crippen molar-refractivity contribution in [3.8, 4) is 0 Å². The molecular formula is C14H15NOS2. The quantitative estimate of drug-likeness (QED) is 0.668. The summed E-state index contributed by atoms with van der Waals surface area (Å²) in [6.07, 6.45) is 0. The number of hydrogen-bond acceptors (Lipinski definition) is 3. The van der Waals surface area contributed by atoms with Gasteiger partial charge in [-0.15, -0.1) is 23.1 Å². The summed E-state index contributed by atoms with van der Waals surface area (Å²) >= 11 is 3.25. The van der Waals surface area contributed by atoms with Gasteiger partial charge in [0.2, 0.25) is 0 Å². The third-order valence-corrected chi connectivity index (χ3v) is 4.50. The van der Waals surface area contributed by atoms with Crippen molar-refractivity contribution >= 4 is 29.0 Å². The minimum absolute atomic E-state index is 0.0381. The fourth-order valence-corrected chi connectivity index (χ4v) is 3.17. The molecular weight excluding hydrogens is 262 g/mol. The fourth-order valence-electron chi connectivity index (χ4n) is 1.54. The van der Waals surface area contributed by atoms with Crippen LogP contribution >= 0.6 is 23.1 Å². The van der Waals surface area contributed by atoms with Crippen molar-refractivity contribution in [2.24, 2.45) is 0 Å². The van der Waals surface area contributed by atoms with Gasteiger partial charge in [-0.05, 0) is 36.1 Å². The van der Waals surface area contributed by atoms with Crippen LogP contribution in [0.4, 0.5) is 0 Å². The highest BCUT2D eigenvalue weighted by Crippen LogP contribution is 2.17. The SMILES string of the molecule is Cc1ccsc1C(=O)NCCSc1ccccc1. The lowest BCUT2D eigenvalue weighted by molar-refractivity contribution is 0.0959. The van der Waals surface area contributed by atoms with E-state index in [-0.39, 0.29) is 5.91 Å². The van der Waals surface area contributed by atoms with Gasteiger partial charge in [-0.2, -0.15) is 0 Å². The Morgan fingerprint density at radius 3 is 2.72 bits per heavy atom. The highest BCUT2D eigenvalue weighted by atomic mass is 32.2. The molecule has 1 aromatic heterocycles. The van der Waals surface area contributed by atoms with Crippen LogP contribution < -0.4 is 5.32 Å². The Hall–Kier alpha value is -1.26. The maximum absolute atomic E-state index is 11.8. The topological polar surface area (TPSA) is 29.1 Å². The highest BCUT2D eigenvalue weighted by Gasteiger charge is 2.08. The van der Waals surface area contributed by atoms with Crippen molar-refractivity contribution in [2.45, 2.75) is 11.8 Å². The summed E-state index contributed by atoms with van der Waals surface area (Å²) in [4.78, 5) is 13.9. The first-order valence-corrected chi connectivity index (χ1v) is 7.64. The zero-order valence-corrected chi connectivity index (χ0v) is 11.8. The molecule has 0 saturated heterocycles. The van der Waals surface area contributed by atoms with E-state index >= 15 is 0 Å². The summed E-state index contributed by atoms with van der Waals surface area (Å²) in [5.41, 5.74) is 1.05. The van der Waals surface area contributed by atoms with Crippen molar-refractivity contribution in [3.63, 3.8) is 0 Å². The third kappa shape index (κ3) is 3.62. The van der Waals surface area contributed by atoms with Gasteiger partial charge >= 0.3 is 0 Å². The average Bonchev–Trinajstić information content (AvgIpc) is 2.82. The summed E-state index contributed by atoms with van der Waals surface area (Å²) in [7, 11) is 0. The molecule has 0 radical (unpaired) electrons. The van der Waals surface area contributed by atoms with Gasteiger partial charge in [0.15, 0.2) is 0 Å². The third-order valence-electron chi connectivity index (χ3n) is 2.47. The van der Waals surface area contributed by atoms with E-state index in [9.17, 15) is 4.79 Å². The standard InChI is InChI=1S/C14H15NOS2/c1-11-7-9-18-13(11)14(16)15-8-10-17-12-5-3-2-4-6-12/h2-7,9H,8,10H2,1H3,(H,15,16). The molecule has 0 atom stereocenters. The number of benzene rings is 1. The van der Waals surface area contributed by atoms with E-state index in [4.69, 9.17) is 0 Å². The molecule has 2 aromatic rings. The molecule has 0 aliphatic carbocycles. The molecule has 4 heteroatoms. The summed E-state index contributed by atoms with van der Waals surface area (Å²) < 4.78 is 0. The van der Waals surface area contributed by atoms with Gasteiger partial charge < -0.3 is 5.32 Å². The van der Waals surface area contributed by atoms with Crippen LogP contribution in [0.5, 0.6) is 0 Å². The van der Waals surface area contributed by atoms with E-state index in [1.807, 2.05) is 36.6 Å². The second-order valence-electron chi connectivity index (χ2n) is 3.85. The van der Waals surface area contributed by atoms with E-state index in [1.165, 1.54) is 16.2 Å². The molecule has 0 unspecified atom stereocenters. The molecule has 0 fully saturated rings. The van der Waals surface area contributed by atoms with Crippen molar-refractivity contribution in [1.29, 1.82) is 0 Å². The van der Waals surface area contributed by atoms with Crippen LogP contribution in [-0.2, 0) is 0 Å². The van der Waals surface area contributed by atoms with Crippen LogP contribution in [-0.4, -0.2) is 18.2 Å². The summed E-state index contributed by atoms with van der Waals surface area (Å²) in [5, 5.41) is 4.89. The molecule has 0 spiro atoms. The van der Waals surface area contributed by atoms with E-state index in [0.717, 1.165) is 16.2 Å². The number of rotatable bonds is 5. The Balaban J connectivity index is 1.73. The number of carbonyl (C=O) groups excluding carboxylic acids is 1. The van der Waals surface area contributed by atoms with Gasteiger partial charge in [0.1, 0.15) is 0 Å². The Morgan fingerprint density at radius 1 is 1.28 bits per heavy atom. The number of thiophene rings is 1. The van der Waals surface area contributed by atoms with E-state index in [1.54, 1.807) is 11.8 Å². The number of carbonyl (C=O) groups is 1. The Kier molecular flexibility index (Phi) is 4.84. The smallest absolute Gasteiger partial charge is 0.261 e. The van der Waals surface area contributed by atoms with Crippen LogP contribution in [0.3, 0.4) is 0 Å². The number of hydrogen-bond donors (Lipinski definition) is 1. The molecule has 1 heterocycles. The first-order valence-electron chi connectivity index (χ1n) is 5.77. The van der Waals surface area contributed by atoms with Gasteiger partial charge in [-0.3, -0.25) is 4.79 Å². The normalized spacial score (nSPS) is 10.3. The van der Waals surface area contributed by atoms with Crippen molar-refractivity contribution in [1.82, 2.24) is 5.32 Å². The predicted molar refractivity (Wildman–Crippen MR) is 78.6 cm³/mol. The Bertz CT molecular complexity index is 508. The summed E-state index contributed by atoms with van der Waals surface area (Å²) in [6.45, 7) is 2.65. The van der Waals surface area contributed by atoms with Crippen LogP contribution in [0, 0.1) is 6.92 Å². The van der Waals surface area contributed by atoms with Crippen molar-refractivity contribution < 1.29 is 4.79 Å². The highest BCUT2D eigenvalue weighted by molar-refractivity contribution is 7.99. The number of amides is 1. The molecule has 0 aliphatic rings. The minimum atomic E-state index is 0.0381. The second kappa shape index (κ2) is 6.61. The zero-order valence-electron chi connectivity index (χ0n) is 10.2.